The fourth-order valence-electron chi connectivity index (χ4n) is 8.40. The molecular formula is C44H62N10O7. The number of aliphatic imine (C=N–C) groups is 1. The molecule has 17 heteroatoms. The van der Waals surface area contributed by atoms with Crippen molar-refractivity contribution in [3.63, 3.8) is 0 Å². The van der Waals surface area contributed by atoms with E-state index in [9.17, 15) is 33.6 Å². The average molecular weight is 843 g/mol. The number of guanidine groups is 1. The predicted octanol–water partition coefficient (Wildman–Crippen LogP) is 0.451. The molecule has 2 aliphatic heterocycles. The largest absolute Gasteiger partial charge is 0.370 e. The van der Waals surface area contributed by atoms with Gasteiger partial charge in [0.25, 0.3) is 0 Å². The third kappa shape index (κ3) is 14.3. The number of aryl methyl sites for hydroxylation is 1. The third-order valence-corrected chi connectivity index (χ3v) is 11.6. The lowest BCUT2D eigenvalue weighted by molar-refractivity contribution is -0.143. The fourth-order valence-corrected chi connectivity index (χ4v) is 8.40. The second kappa shape index (κ2) is 23.1. The van der Waals surface area contributed by atoms with Crippen molar-refractivity contribution in [2.75, 3.05) is 19.6 Å². The maximum Gasteiger partial charge on any atom is 0.247 e. The molecule has 0 aromatic heterocycles. The highest BCUT2D eigenvalue weighted by Crippen LogP contribution is 2.28. The van der Waals surface area contributed by atoms with Crippen molar-refractivity contribution in [2.24, 2.45) is 22.4 Å². The molecule has 2 unspecified atom stereocenters. The van der Waals surface area contributed by atoms with Gasteiger partial charge in [-0.2, -0.15) is 0 Å². The SMILES string of the molecule is CC(=O)N[C@@H](Cc1ccccc1)C(=O)NC1CNC(=O)[C@H](CCCN=C(N)N)NC(=O)[C@H](CCc2ccccc2)NC(=O)[C@@H](CC2CCCCC2)NC(=O)C2CCCN2C1=O. The lowest BCUT2D eigenvalue weighted by Crippen LogP contribution is -2.62. The van der Waals surface area contributed by atoms with Gasteiger partial charge in [-0.15, -0.1) is 0 Å². The highest BCUT2D eigenvalue weighted by molar-refractivity contribution is 5.98. The van der Waals surface area contributed by atoms with Crippen LogP contribution in [0.3, 0.4) is 0 Å². The molecule has 2 aromatic carbocycles. The zero-order valence-electron chi connectivity index (χ0n) is 35.0. The van der Waals surface area contributed by atoms with Crippen LogP contribution in [0.15, 0.2) is 65.7 Å². The Labute approximate surface area is 357 Å². The number of rotatable bonds is 14. The second-order valence-corrected chi connectivity index (χ2v) is 16.3. The number of carbonyl (C=O) groups is 7. The monoisotopic (exact) mass is 842 g/mol. The number of amides is 7. The van der Waals surface area contributed by atoms with Crippen molar-refractivity contribution in [3.05, 3.63) is 71.8 Å². The van der Waals surface area contributed by atoms with Gasteiger partial charge in [0.15, 0.2) is 5.96 Å². The predicted molar refractivity (Wildman–Crippen MR) is 229 cm³/mol. The van der Waals surface area contributed by atoms with Gasteiger partial charge in [0.05, 0.1) is 0 Å². The van der Waals surface area contributed by atoms with Crippen molar-refractivity contribution >= 4 is 47.3 Å². The summed E-state index contributed by atoms with van der Waals surface area (Å²) in [5.74, 6) is -4.03. The highest BCUT2D eigenvalue weighted by Gasteiger charge is 2.41. The molecule has 0 spiro atoms. The van der Waals surface area contributed by atoms with Gasteiger partial charge in [-0.05, 0) is 62.0 Å². The molecule has 7 amide bonds. The second-order valence-electron chi connectivity index (χ2n) is 16.3. The molecule has 6 atom stereocenters. The van der Waals surface area contributed by atoms with Crippen LogP contribution in [0.2, 0.25) is 0 Å². The first kappa shape index (κ1) is 46.1. The standard InChI is InChI=1S/C44H62N10O7/c1-28(55)49-34(25-30-15-7-3-8-16-30)40(58)53-36-27-48-38(56)32(19-11-23-47-44(45)46)50-39(57)33(22-21-29-13-5-2-6-14-29)51-41(59)35(26-31-17-9-4-10-18-31)52-42(60)37-20-12-24-54(37)43(36)61/h2-3,5-8,13-16,31-37H,4,9-12,17-27H2,1H3,(H,48,56)(H,49,55)(H,50,57)(H,51,59)(H,52,60)(H,53,58)(H4,45,46,47)/t32-,33-,34-,35+,36?,37?/m0/s1. The number of nitrogens with zero attached hydrogens (tertiary/aromatic N) is 2. The van der Waals surface area contributed by atoms with E-state index in [0.29, 0.717) is 32.1 Å². The van der Waals surface area contributed by atoms with E-state index in [1.54, 1.807) is 12.1 Å². The van der Waals surface area contributed by atoms with Crippen LogP contribution in [0.25, 0.3) is 0 Å². The molecule has 10 N–H and O–H groups in total. The quantitative estimate of drug-likeness (QED) is 0.0745. The molecule has 330 valence electrons. The molecule has 2 aromatic rings. The van der Waals surface area contributed by atoms with E-state index in [2.05, 4.69) is 36.9 Å². The Hall–Kier alpha value is -6.00. The number of fused-ring (bicyclic) bond motifs is 1. The Balaban J connectivity index is 1.48. The summed E-state index contributed by atoms with van der Waals surface area (Å²) in [5.41, 5.74) is 12.8. The van der Waals surface area contributed by atoms with E-state index in [0.717, 1.165) is 43.2 Å². The van der Waals surface area contributed by atoms with Crippen molar-refractivity contribution in [1.29, 1.82) is 0 Å². The molecule has 17 nitrogen and oxygen atoms in total. The van der Waals surface area contributed by atoms with E-state index < -0.39 is 84.1 Å². The maximum atomic E-state index is 14.5. The average Bonchev–Trinajstić information content (AvgIpc) is 3.75. The Morgan fingerprint density at radius 3 is 2.05 bits per heavy atom. The van der Waals surface area contributed by atoms with Crippen LogP contribution in [0, 0.1) is 5.92 Å². The number of hydrogen-bond acceptors (Lipinski definition) is 8. The topological polar surface area (TPSA) is 259 Å². The first-order valence-corrected chi connectivity index (χ1v) is 21.6. The van der Waals surface area contributed by atoms with Crippen molar-refractivity contribution in [1.82, 2.24) is 36.8 Å². The van der Waals surface area contributed by atoms with Crippen LogP contribution in [0.4, 0.5) is 0 Å². The first-order chi connectivity index (χ1) is 29.4. The molecule has 3 fully saturated rings. The van der Waals surface area contributed by atoms with Crippen LogP contribution < -0.4 is 43.4 Å². The molecule has 0 radical (unpaired) electrons. The number of carbonyl (C=O) groups excluding carboxylic acids is 7. The summed E-state index contributed by atoms with van der Waals surface area (Å²) in [6.45, 7) is 1.25. The first-order valence-electron chi connectivity index (χ1n) is 21.6. The summed E-state index contributed by atoms with van der Waals surface area (Å²) >= 11 is 0. The van der Waals surface area contributed by atoms with E-state index >= 15 is 0 Å². The van der Waals surface area contributed by atoms with Gasteiger partial charge in [0, 0.05) is 33.0 Å². The minimum absolute atomic E-state index is 0.0922. The summed E-state index contributed by atoms with van der Waals surface area (Å²) in [4.78, 5) is 103. The minimum atomic E-state index is -1.37. The van der Waals surface area contributed by atoms with Gasteiger partial charge >= 0.3 is 0 Å². The molecule has 2 saturated heterocycles. The van der Waals surface area contributed by atoms with E-state index in [4.69, 9.17) is 11.5 Å². The number of benzene rings is 2. The third-order valence-electron chi connectivity index (χ3n) is 11.6. The molecule has 61 heavy (non-hydrogen) atoms. The highest BCUT2D eigenvalue weighted by atomic mass is 16.2. The summed E-state index contributed by atoms with van der Waals surface area (Å²) < 4.78 is 0. The van der Waals surface area contributed by atoms with Gasteiger partial charge in [0.1, 0.15) is 36.3 Å². The summed E-state index contributed by atoms with van der Waals surface area (Å²) in [5, 5.41) is 16.9. The summed E-state index contributed by atoms with van der Waals surface area (Å²) in [6.07, 6.45) is 7.19. The smallest absolute Gasteiger partial charge is 0.247 e. The minimum Gasteiger partial charge on any atom is -0.370 e. The van der Waals surface area contributed by atoms with Gasteiger partial charge in [-0.3, -0.25) is 38.6 Å². The molecule has 0 bridgehead atoms. The van der Waals surface area contributed by atoms with E-state index in [1.807, 2.05) is 48.5 Å². The lowest BCUT2D eigenvalue weighted by Gasteiger charge is -2.33. The zero-order chi connectivity index (χ0) is 43.7. The van der Waals surface area contributed by atoms with Crippen molar-refractivity contribution in [3.8, 4) is 0 Å². The van der Waals surface area contributed by atoms with Gasteiger partial charge in [0.2, 0.25) is 41.4 Å². The molecule has 1 aliphatic carbocycles. The zero-order valence-corrected chi connectivity index (χ0v) is 35.0. The molecule has 2 heterocycles. The summed E-state index contributed by atoms with van der Waals surface area (Å²) in [7, 11) is 0. The molecule has 1 saturated carbocycles. The van der Waals surface area contributed by atoms with Crippen LogP contribution in [-0.2, 0) is 46.4 Å². The Bertz CT molecular complexity index is 1850. The number of nitrogens with one attached hydrogen (secondary N) is 6. The number of nitrogens with two attached hydrogens (primary N) is 2. The van der Waals surface area contributed by atoms with E-state index in [1.165, 1.54) is 11.8 Å². The van der Waals surface area contributed by atoms with Crippen LogP contribution in [0.1, 0.15) is 88.7 Å². The van der Waals surface area contributed by atoms with Crippen LogP contribution in [0.5, 0.6) is 0 Å². The van der Waals surface area contributed by atoms with E-state index in [-0.39, 0.29) is 44.2 Å². The fraction of sp³-hybridized carbons (Fsp3) is 0.545. The van der Waals surface area contributed by atoms with Crippen molar-refractivity contribution in [2.45, 2.75) is 127 Å². The summed E-state index contributed by atoms with van der Waals surface area (Å²) in [6, 6.07) is 11.9. The van der Waals surface area contributed by atoms with Crippen LogP contribution in [-0.4, -0.2) is 108 Å². The van der Waals surface area contributed by atoms with Crippen LogP contribution >= 0.6 is 0 Å². The number of hydrogen-bond donors (Lipinski definition) is 8. The Kier molecular flexibility index (Phi) is 17.5. The normalized spacial score (nSPS) is 23.7. The Morgan fingerprint density at radius 1 is 0.770 bits per heavy atom. The lowest BCUT2D eigenvalue weighted by atomic mass is 9.84. The molecule has 3 aliphatic rings. The Morgan fingerprint density at radius 2 is 1.39 bits per heavy atom. The maximum absolute atomic E-state index is 14.5. The molecule has 5 rings (SSSR count). The molecular weight excluding hydrogens is 781 g/mol. The van der Waals surface area contributed by atoms with Gasteiger partial charge in [-0.1, -0.05) is 92.8 Å². The van der Waals surface area contributed by atoms with Gasteiger partial charge in [-0.25, -0.2) is 0 Å². The van der Waals surface area contributed by atoms with Crippen molar-refractivity contribution < 1.29 is 33.6 Å². The van der Waals surface area contributed by atoms with Gasteiger partial charge < -0.3 is 48.3 Å².